The molecule has 4 rings (SSSR count). The van der Waals surface area contributed by atoms with E-state index in [1.165, 1.54) is 6.08 Å². The summed E-state index contributed by atoms with van der Waals surface area (Å²) in [5.41, 5.74) is 3.47. The molecule has 0 saturated carbocycles. The van der Waals surface area contributed by atoms with Gasteiger partial charge in [-0.25, -0.2) is 9.69 Å². The Labute approximate surface area is 229 Å². The van der Waals surface area contributed by atoms with Crippen LogP contribution in [0.5, 0.6) is 5.75 Å². The van der Waals surface area contributed by atoms with Crippen molar-refractivity contribution in [2.24, 2.45) is 0 Å². The van der Waals surface area contributed by atoms with E-state index in [0.29, 0.717) is 33.1 Å². The van der Waals surface area contributed by atoms with E-state index in [9.17, 15) is 14.4 Å². The van der Waals surface area contributed by atoms with Gasteiger partial charge in [-0.05, 0) is 117 Å². The molecule has 1 N–H and O–H groups in total. The van der Waals surface area contributed by atoms with E-state index in [1.807, 2.05) is 44.2 Å². The molecule has 6 nitrogen and oxygen atoms in total. The smallest absolute Gasteiger partial charge is 0.335 e. The van der Waals surface area contributed by atoms with Crippen LogP contribution in [0.15, 0.2) is 64.6 Å². The molecule has 1 heterocycles. The first kappa shape index (κ1) is 25.4. The number of benzene rings is 3. The number of carbonyl (C=O) groups excluding carboxylic acids is 3. The van der Waals surface area contributed by atoms with Crippen molar-refractivity contribution in [3.8, 4) is 5.75 Å². The molecule has 1 aliphatic heterocycles. The molecule has 0 spiro atoms. The van der Waals surface area contributed by atoms with Gasteiger partial charge in [0.1, 0.15) is 12.2 Å². The molecular weight excluding hydrogens is 647 g/mol. The van der Waals surface area contributed by atoms with Crippen LogP contribution in [0, 0.1) is 17.4 Å². The minimum atomic E-state index is -0.791. The second-order valence-electron chi connectivity index (χ2n) is 8.03. The maximum absolute atomic E-state index is 13.2. The summed E-state index contributed by atoms with van der Waals surface area (Å²) in [6, 6.07) is 15.8. The highest BCUT2D eigenvalue weighted by atomic mass is 127. The molecule has 1 aliphatic rings. The third kappa shape index (κ3) is 5.76. The fourth-order valence-electron chi connectivity index (χ4n) is 3.68. The average molecular weight is 666 g/mol. The summed E-state index contributed by atoms with van der Waals surface area (Å²) in [5.74, 6) is -1.04. The van der Waals surface area contributed by atoms with Gasteiger partial charge in [-0.1, -0.05) is 29.8 Å². The van der Waals surface area contributed by atoms with E-state index in [0.717, 1.165) is 25.2 Å². The number of urea groups is 1. The van der Waals surface area contributed by atoms with E-state index in [1.54, 1.807) is 24.3 Å². The Bertz CT molecular complexity index is 1350. The maximum Gasteiger partial charge on any atom is 0.335 e. The van der Waals surface area contributed by atoms with Gasteiger partial charge in [0.15, 0.2) is 5.75 Å². The van der Waals surface area contributed by atoms with Gasteiger partial charge in [0.05, 0.1) is 15.2 Å². The van der Waals surface area contributed by atoms with Crippen molar-refractivity contribution in [3.05, 3.63) is 95.5 Å². The predicted molar refractivity (Wildman–Crippen MR) is 148 cm³/mol. The standard InChI is InChI=1S/C26H19BrClIN2O4/c1-14-7-15(2)9-19(8-14)31-25(33)20(24(32)30-26(31)34)10-17-11-21(27)23(22(28)12-17)35-13-16-3-5-18(29)6-4-16/h3-12H,13H2,1-2H3,(H,30,32,34)/b20-10+. The molecule has 0 radical (unpaired) electrons. The third-order valence-electron chi connectivity index (χ3n) is 5.19. The van der Waals surface area contributed by atoms with Crippen LogP contribution in [0.1, 0.15) is 22.3 Å². The molecular formula is C26H19BrClIN2O4. The Morgan fingerprint density at radius 3 is 2.31 bits per heavy atom. The van der Waals surface area contributed by atoms with E-state index in [-0.39, 0.29) is 5.57 Å². The van der Waals surface area contributed by atoms with E-state index in [4.69, 9.17) is 16.3 Å². The minimum Gasteiger partial charge on any atom is -0.486 e. The number of aryl methyl sites for hydroxylation is 2. The van der Waals surface area contributed by atoms with Gasteiger partial charge in [0, 0.05) is 3.57 Å². The average Bonchev–Trinajstić information content (AvgIpc) is 2.76. The molecule has 35 heavy (non-hydrogen) atoms. The Morgan fingerprint density at radius 1 is 1.03 bits per heavy atom. The zero-order valence-corrected chi connectivity index (χ0v) is 23.2. The second-order valence-corrected chi connectivity index (χ2v) is 10.5. The number of ether oxygens (including phenoxy) is 1. The minimum absolute atomic E-state index is 0.181. The lowest BCUT2D eigenvalue weighted by Crippen LogP contribution is -2.54. The van der Waals surface area contributed by atoms with Crippen LogP contribution >= 0.6 is 50.1 Å². The monoisotopic (exact) mass is 664 g/mol. The van der Waals surface area contributed by atoms with Crippen molar-refractivity contribution in [1.29, 1.82) is 0 Å². The van der Waals surface area contributed by atoms with Crippen LogP contribution in [0.25, 0.3) is 6.08 Å². The molecule has 0 aliphatic carbocycles. The Kier molecular flexibility index (Phi) is 7.63. The number of carbonyl (C=O) groups is 3. The number of nitrogens with one attached hydrogen (secondary N) is 1. The zero-order valence-electron chi connectivity index (χ0n) is 18.7. The molecule has 0 unspecified atom stereocenters. The molecule has 0 bridgehead atoms. The van der Waals surface area contributed by atoms with E-state index < -0.39 is 17.8 Å². The summed E-state index contributed by atoms with van der Waals surface area (Å²) < 4.78 is 7.58. The van der Waals surface area contributed by atoms with E-state index in [2.05, 4.69) is 43.8 Å². The topological polar surface area (TPSA) is 75.7 Å². The van der Waals surface area contributed by atoms with Gasteiger partial charge in [-0.2, -0.15) is 0 Å². The van der Waals surface area contributed by atoms with Gasteiger partial charge in [-0.3, -0.25) is 14.9 Å². The lowest BCUT2D eigenvalue weighted by molar-refractivity contribution is -0.122. The predicted octanol–water partition coefficient (Wildman–Crippen LogP) is 6.57. The molecule has 1 fully saturated rings. The summed E-state index contributed by atoms with van der Waals surface area (Å²) in [6.45, 7) is 4.06. The Balaban J connectivity index is 1.62. The molecule has 4 amide bonds. The number of rotatable bonds is 5. The lowest BCUT2D eigenvalue weighted by atomic mass is 10.1. The Morgan fingerprint density at radius 2 is 1.69 bits per heavy atom. The molecule has 0 atom stereocenters. The van der Waals surface area contributed by atoms with Crippen molar-refractivity contribution in [2.45, 2.75) is 20.5 Å². The normalized spacial score (nSPS) is 14.9. The highest BCUT2D eigenvalue weighted by molar-refractivity contribution is 14.1. The van der Waals surface area contributed by atoms with Gasteiger partial charge in [0.2, 0.25) is 0 Å². The van der Waals surface area contributed by atoms with Gasteiger partial charge in [0.25, 0.3) is 11.8 Å². The summed E-state index contributed by atoms with van der Waals surface area (Å²) in [6.07, 6.45) is 1.40. The first-order valence-electron chi connectivity index (χ1n) is 10.5. The molecule has 1 saturated heterocycles. The van der Waals surface area contributed by atoms with Crippen molar-refractivity contribution < 1.29 is 19.1 Å². The first-order chi connectivity index (χ1) is 16.6. The number of nitrogens with zero attached hydrogens (tertiary/aromatic N) is 1. The lowest BCUT2D eigenvalue weighted by Gasteiger charge is -2.27. The van der Waals surface area contributed by atoms with Crippen LogP contribution in [0.4, 0.5) is 10.5 Å². The highest BCUT2D eigenvalue weighted by Crippen LogP contribution is 2.36. The van der Waals surface area contributed by atoms with Crippen molar-refractivity contribution in [3.63, 3.8) is 0 Å². The van der Waals surface area contributed by atoms with E-state index >= 15 is 0 Å². The summed E-state index contributed by atoms with van der Waals surface area (Å²) in [4.78, 5) is 39.2. The van der Waals surface area contributed by atoms with Crippen LogP contribution in [0.2, 0.25) is 5.02 Å². The SMILES string of the molecule is Cc1cc(C)cc(N2C(=O)NC(=O)/C(=C\c3cc(Cl)c(OCc4ccc(I)cc4)c(Br)c3)C2=O)c1. The largest absolute Gasteiger partial charge is 0.486 e. The number of imide groups is 2. The highest BCUT2D eigenvalue weighted by Gasteiger charge is 2.37. The van der Waals surface area contributed by atoms with Crippen molar-refractivity contribution in [1.82, 2.24) is 5.32 Å². The van der Waals surface area contributed by atoms with Crippen molar-refractivity contribution >= 4 is 79.7 Å². The van der Waals surface area contributed by atoms with Crippen molar-refractivity contribution in [2.75, 3.05) is 4.90 Å². The van der Waals surface area contributed by atoms with Gasteiger partial charge < -0.3 is 4.74 Å². The maximum atomic E-state index is 13.2. The number of hydrogen-bond donors (Lipinski definition) is 1. The summed E-state index contributed by atoms with van der Waals surface area (Å²) >= 11 is 12.2. The summed E-state index contributed by atoms with van der Waals surface area (Å²) in [5, 5.41) is 2.55. The fraction of sp³-hybridized carbons (Fsp3) is 0.115. The second kappa shape index (κ2) is 10.5. The molecule has 3 aromatic rings. The van der Waals surface area contributed by atoms with Crippen LogP contribution < -0.4 is 15.0 Å². The number of hydrogen-bond acceptors (Lipinski definition) is 4. The molecule has 0 aromatic heterocycles. The third-order valence-corrected chi connectivity index (χ3v) is 6.78. The van der Waals surface area contributed by atoms with Gasteiger partial charge >= 0.3 is 6.03 Å². The van der Waals surface area contributed by atoms with Crippen LogP contribution in [0.3, 0.4) is 0 Å². The van der Waals surface area contributed by atoms with Crippen LogP contribution in [-0.4, -0.2) is 17.8 Å². The zero-order chi connectivity index (χ0) is 25.3. The molecule has 178 valence electrons. The number of amides is 4. The van der Waals surface area contributed by atoms with Crippen LogP contribution in [-0.2, 0) is 16.2 Å². The molecule has 9 heteroatoms. The van der Waals surface area contributed by atoms with Gasteiger partial charge in [-0.15, -0.1) is 0 Å². The number of anilines is 1. The Hall–Kier alpha value is -2.69. The quantitative estimate of drug-likeness (QED) is 0.190. The number of halogens is 3. The summed E-state index contributed by atoms with van der Waals surface area (Å²) in [7, 11) is 0. The first-order valence-corrected chi connectivity index (χ1v) is 12.7. The molecule has 3 aromatic carbocycles. The number of barbiturate groups is 1. The fourth-order valence-corrected chi connectivity index (χ4v) is 5.02.